The number of sulfonamides is 1. The maximum Gasteiger partial charge on any atom is 0.247 e. The fourth-order valence-electron chi connectivity index (χ4n) is 4.84. The van der Waals surface area contributed by atoms with E-state index in [-0.39, 0.29) is 24.8 Å². The van der Waals surface area contributed by atoms with E-state index in [0.29, 0.717) is 31.1 Å². The minimum atomic E-state index is -3.65. The van der Waals surface area contributed by atoms with Gasteiger partial charge in [0.25, 0.3) is 0 Å². The molecular formula is C25H31N3O4S. The van der Waals surface area contributed by atoms with Gasteiger partial charge in [-0.2, -0.15) is 4.31 Å². The lowest BCUT2D eigenvalue weighted by Crippen LogP contribution is -2.53. The number of amides is 2. The van der Waals surface area contributed by atoms with Crippen LogP contribution in [0.1, 0.15) is 34.2 Å². The van der Waals surface area contributed by atoms with Crippen LogP contribution >= 0.6 is 0 Å². The molecule has 1 atom stereocenters. The van der Waals surface area contributed by atoms with Crippen LogP contribution in [0.2, 0.25) is 0 Å². The second-order valence-electron chi connectivity index (χ2n) is 9.05. The fourth-order valence-corrected chi connectivity index (χ4v) is 6.83. The molecule has 176 valence electrons. The molecule has 2 heterocycles. The summed E-state index contributed by atoms with van der Waals surface area (Å²) >= 11 is 0. The third-order valence-corrected chi connectivity index (χ3v) is 9.19. The monoisotopic (exact) mass is 469 g/mol. The van der Waals surface area contributed by atoms with E-state index in [1.165, 1.54) is 9.21 Å². The Hall–Kier alpha value is -2.55. The molecule has 0 aliphatic carbocycles. The van der Waals surface area contributed by atoms with Crippen LogP contribution in [-0.4, -0.2) is 66.6 Å². The Bertz CT molecular complexity index is 1160. The Morgan fingerprint density at radius 1 is 0.879 bits per heavy atom. The van der Waals surface area contributed by atoms with Crippen LogP contribution < -0.4 is 0 Å². The zero-order valence-corrected chi connectivity index (χ0v) is 20.5. The van der Waals surface area contributed by atoms with E-state index in [9.17, 15) is 18.0 Å². The van der Waals surface area contributed by atoms with Crippen LogP contribution in [0.25, 0.3) is 0 Å². The maximum absolute atomic E-state index is 13.5. The van der Waals surface area contributed by atoms with Crippen LogP contribution in [0.4, 0.5) is 0 Å². The molecule has 0 N–H and O–H groups in total. The zero-order chi connectivity index (χ0) is 23.9. The Morgan fingerprint density at radius 3 is 2.03 bits per heavy atom. The number of aryl methyl sites for hydroxylation is 2. The van der Waals surface area contributed by atoms with Gasteiger partial charge in [0.2, 0.25) is 21.8 Å². The SMILES string of the molecule is Cc1cc(C)c(C)c(S(=O)(=O)N2CCN([C@H]3CC(=O)N(Cc4ccccc4)C3=O)CC2)c1C. The molecule has 2 fully saturated rings. The van der Waals surface area contributed by atoms with Gasteiger partial charge in [-0.1, -0.05) is 36.4 Å². The molecule has 2 aliphatic heterocycles. The van der Waals surface area contributed by atoms with Crippen molar-refractivity contribution in [3.05, 3.63) is 64.2 Å². The number of nitrogens with zero attached hydrogens (tertiary/aromatic N) is 3. The van der Waals surface area contributed by atoms with Crippen molar-refractivity contribution < 1.29 is 18.0 Å². The number of piperazine rings is 1. The van der Waals surface area contributed by atoms with E-state index < -0.39 is 16.1 Å². The Balaban J connectivity index is 1.46. The van der Waals surface area contributed by atoms with Crippen molar-refractivity contribution in [1.29, 1.82) is 0 Å². The van der Waals surface area contributed by atoms with Crippen molar-refractivity contribution in [3.63, 3.8) is 0 Å². The summed E-state index contributed by atoms with van der Waals surface area (Å²) in [4.78, 5) is 29.3. The predicted octanol–water partition coefficient (Wildman–Crippen LogP) is 2.55. The van der Waals surface area contributed by atoms with Crippen molar-refractivity contribution in [2.24, 2.45) is 0 Å². The van der Waals surface area contributed by atoms with Gasteiger partial charge in [0.15, 0.2) is 0 Å². The van der Waals surface area contributed by atoms with Gasteiger partial charge in [-0.05, 0) is 55.5 Å². The second-order valence-corrected chi connectivity index (χ2v) is 10.9. The second kappa shape index (κ2) is 9.00. The topological polar surface area (TPSA) is 78.0 Å². The number of likely N-dealkylation sites (tertiary alicyclic amines) is 1. The molecule has 2 aliphatic rings. The average Bonchev–Trinajstić information content (AvgIpc) is 3.07. The van der Waals surface area contributed by atoms with Gasteiger partial charge in [-0.3, -0.25) is 19.4 Å². The summed E-state index contributed by atoms with van der Waals surface area (Å²) in [7, 11) is -3.65. The lowest BCUT2D eigenvalue weighted by atomic mass is 10.0. The smallest absolute Gasteiger partial charge is 0.247 e. The summed E-state index contributed by atoms with van der Waals surface area (Å²) in [6, 6.07) is 11.0. The zero-order valence-electron chi connectivity index (χ0n) is 19.7. The Kier molecular flexibility index (Phi) is 6.44. The van der Waals surface area contributed by atoms with E-state index >= 15 is 0 Å². The lowest BCUT2D eigenvalue weighted by Gasteiger charge is -2.36. The summed E-state index contributed by atoms with van der Waals surface area (Å²) in [5.41, 5.74) is 4.41. The predicted molar refractivity (Wildman–Crippen MR) is 126 cm³/mol. The fraction of sp³-hybridized carbons (Fsp3) is 0.440. The quantitative estimate of drug-likeness (QED) is 0.629. The summed E-state index contributed by atoms with van der Waals surface area (Å²) in [5.74, 6) is -0.369. The molecule has 4 rings (SSSR count). The molecule has 7 nitrogen and oxygen atoms in total. The van der Waals surface area contributed by atoms with Crippen molar-refractivity contribution >= 4 is 21.8 Å². The molecule has 33 heavy (non-hydrogen) atoms. The lowest BCUT2D eigenvalue weighted by molar-refractivity contribution is -0.140. The first-order chi connectivity index (χ1) is 15.6. The summed E-state index contributed by atoms with van der Waals surface area (Å²) in [6.07, 6.45) is 0.147. The van der Waals surface area contributed by atoms with Crippen LogP contribution in [-0.2, 0) is 26.2 Å². The van der Waals surface area contributed by atoms with Gasteiger partial charge in [0.1, 0.15) is 0 Å². The number of carbonyl (C=O) groups excluding carboxylic acids is 2. The molecule has 0 spiro atoms. The van der Waals surface area contributed by atoms with Crippen molar-refractivity contribution in [2.75, 3.05) is 26.2 Å². The number of carbonyl (C=O) groups is 2. The number of rotatable bonds is 5. The van der Waals surface area contributed by atoms with Crippen molar-refractivity contribution in [3.8, 4) is 0 Å². The minimum absolute atomic E-state index is 0.147. The van der Waals surface area contributed by atoms with E-state index in [0.717, 1.165) is 27.8 Å². The van der Waals surface area contributed by atoms with Gasteiger partial charge in [-0.15, -0.1) is 0 Å². The molecular weight excluding hydrogens is 438 g/mol. The van der Waals surface area contributed by atoms with Gasteiger partial charge in [0, 0.05) is 26.2 Å². The first-order valence-electron chi connectivity index (χ1n) is 11.3. The summed E-state index contributed by atoms with van der Waals surface area (Å²) in [6.45, 7) is 9.29. The van der Waals surface area contributed by atoms with Gasteiger partial charge in [-0.25, -0.2) is 8.42 Å². The molecule has 2 aromatic rings. The first-order valence-corrected chi connectivity index (χ1v) is 12.7. The highest BCUT2D eigenvalue weighted by molar-refractivity contribution is 7.89. The largest absolute Gasteiger partial charge is 0.289 e. The van der Waals surface area contributed by atoms with Gasteiger partial charge < -0.3 is 0 Å². The van der Waals surface area contributed by atoms with Crippen LogP contribution in [0, 0.1) is 27.7 Å². The number of hydrogen-bond acceptors (Lipinski definition) is 5. The number of benzene rings is 2. The highest BCUT2D eigenvalue weighted by Gasteiger charge is 2.43. The normalized spacial score (nSPS) is 20.6. The summed E-state index contributed by atoms with van der Waals surface area (Å²) in [5, 5.41) is 0. The van der Waals surface area contributed by atoms with Gasteiger partial charge in [0.05, 0.1) is 23.9 Å². The molecule has 2 amide bonds. The standard InChI is InChI=1S/C25H31N3O4S/c1-17-14-18(2)20(4)24(19(17)3)33(31,32)27-12-10-26(11-13-27)22-15-23(29)28(25(22)30)16-21-8-6-5-7-9-21/h5-9,14,22H,10-13,15-16H2,1-4H3/t22-/m0/s1. The van der Waals surface area contributed by atoms with Crippen LogP contribution in [0.5, 0.6) is 0 Å². The van der Waals surface area contributed by atoms with E-state index in [1.807, 2.05) is 69.0 Å². The first kappa shape index (κ1) is 23.6. The molecule has 0 aromatic heterocycles. The maximum atomic E-state index is 13.5. The Labute approximate surface area is 196 Å². The molecule has 8 heteroatoms. The number of hydrogen-bond donors (Lipinski definition) is 0. The molecule has 2 aromatic carbocycles. The highest BCUT2D eigenvalue weighted by Crippen LogP contribution is 2.30. The Morgan fingerprint density at radius 2 is 1.45 bits per heavy atom. The van der Waals surface area contributed by atoms with E-state index in [2.05, 4.69) is 0 Å². The van der Waals surface area contributed by atoms with Crippen LogP contribution in [0.15, 0.2) is 41.3 Å². The molecule has 0 radical (unpaired) electrons. The average molecular weight is 470 g/mol. The molecule has 0 bridgehead atoms. The van der Waals surface area contributed by atoms with E-state index in [1.54, 1.807) is 0 Å². The van der Waals surface area contributed by atoms with Gasteiger partial charge >= 0.3 is 0 Å². The van der Waals surface area contributed by atoms with Crippen molar-refractivity contribution in [2.45, 2.75) is 51.6 Å². The highest BCUT2D eigenvalue weighted by atomic mass is 32.2. The van der Waals surface area contributed by atoms with Crippen molar-refractivity contribution in [1.82, 2.24) is 14.1 Å². The summed E-state index contributed by atoms with van der Waals surface area (Å²) < 4.78 is 28.5. The molecule has 2 saturated heterocycles. The number of imide groups is 1. The third kappa shape index (κ3) is 4.35. The molecule has 0 saturated carbocycles. The minimum Gasteiger partial charge on any atom is -0.289 e. The molecule has 0 unspecified atom stereocenters. The van der Waals surface area contributed by atoms with E-state index in [4.69, 9.17) is 0 Å². The third-order valence-electron chi connectivity index (χ3n) is 7.01. The van der Waals surface area contributed by atoms with Crippen LogP contribution in [0.3, 0.4) is 0 Å².